The fourth-order valence-electron chi connectivity index (χ4n) is 13.4. The van der Waals surface area contributed by atoms with Crippen molar-refractivity contribution in [3.8, 4) is 33.9 Å². The Hall–Kier alpha value is -9.72. The summed E-state index contributed by atoms with van der Waals surface area (Å²) < 4.78 is 15.1. The molecule has 0 aliphatic rings. The lowest BCUT2D eigenvalue weighted by molar-refractivity contribution is 1.15. The molecule has 0 spiro atoms. The predicted octanol–water partition coefficient (Wildman–Crippen LogP) is 21.5. The summed E-state index contributed by atoms with van der Waals surface area (Å²) >= 11 is 3.81. The van der Waals surface area contributed by atoms with Gasteiger partial charge >= 0.3 is 0 Å². The van der Waals surface area contributed by atoms with Gasteiger partial charge in [0, 0.05) is 75.0 Å². The van der Waals surface area contributed by atoms with Crippen LogP contribution in [0.3, 0.4) is 0 Å². The number of thiophene rings is 2. The van der Waals surface area contributed by atoms with Crippen molar-refractivity contribution in [3.63, 3.8) is 0 Å². The molecule has 0 aliphatic heterocycles. The highest BCUT2D eigenvalue weighted by molar-refractivity contribution is 7.27. The first-order valence-electron chi connectivity index (χ1n) is 27.7. The Morgan fingerprint density at radius 1 is 0.225 bits per heavy atom. The van der Waals surface area contributed by atoms with Crippen molar-refractivity contribution >= 4 is 150 Å². The van der Waals surface area contributed by atoms with Crippen LogP contribution >= 0.6 is 22.7 Å². The van der Waals surface area contributed by atoms with E-state index < -0.39 is 0 Å². The summed E-state index contributed by atoms with van der Waals surface area (Å²) in [4.78, 5) is 0. The molecular formula is C74H48N4S2. The van der Waals surface area contributed by atoms with Crippen molar-refractivity contribution in [1.29, 1.82) is 0 Å². The van der Waals surface area contributed by atoms with Crippen molar-refractivity contribution in [2.75, 3.05) is 0 Å². The normalized spacial score (nSPS) is 12.1. The largest absolute Gasteiger partial charge is 0.309 e. The second kappa shape index (κ2) is 17.4. The van der Waals surface area contributed by atoms with Gasteiger partial charge < -0.3 is 18.3 Å². The Morgan fingerprint density at radius 2 is 0.562 bits per heavy atom. The molecule has 6 heteroatoms. The first-order chi connectivity index (χ1) is 39.7. The van der Waals surface area contributed by atoms with Crippen molar-refractivity contribution < 1.29 is 0 Å². The SMILES string of the molecule is CC.c1cc(-n2c3ccccc3c3ccccc32)c2sc3c(-n4c5ccccc5c5ccccc54)cc(-c4ccc5sc6c(-n7c8ccccc8c8ccccc87)cc(-n7c8ccccc8c8ccccc87)cc6c5c4)cc3c2c1. The fourth-order valence-corrected chi connectivity index (χ4v) is 15.9. The van der Waals surface area contributed by atoms with Crippen LogP contribution in [0.25, 0.3) is 161 Å². The second-order valence-electron chi connectivity index (χ2n) is 20.8. The third-order valence-electron chi connectivity index (χ3n) is 16.7. The highest BCUT2D eigenvalue weighted by atomic mass is 32.1. The molecule has 376 valence electrons. The minimum absolute atomic E-state index is 1.14. The van der Waals surface area contributed by atoms with Gasteiger partial charge in [0.1, 0.15) is 0 Å². The molecule has 0 amide bonds. The number of fused-ring (bicyclic) bond motifs is 18. The number of benzene rings is 12. The highest BCUT2D eigenvalue weighted by Gasteiger charge is 2.24. The molecule has 0 saturated heterocycles. The van der Waals surface area contributed by atoms with Crippen LogP contribution in [0.1, 0.15) is 13.8 Å². The Bertz CT molecular complexity index is 5380. The van der Waals surface area contributed by atoms with Gasteiger partial charge in [-0.15, -0.1) is 22.7 Å². The number of aromatic nitrogens is 4. The third kappa shape index (κ3) is 6.31. The molecule has 4 nitrogen and oxygen atoms in total. The van der Waals surface area contributed by atoms with Crippen molar-refractivity contribution in [2.24, 2.45) is 0 Å². The van der Waals surface area contributed by atoms with Gasteiger partial charge in [0.2, 0.25) is 0 Å². The molecule has 0 unspecified atom stereocenters. The standard InChI is InChI=1S/C72H42N4S2.C2H6/c1-9-27-58-46(18-1)47-19-2-10-28-59(47)73(58)45-41-57-55-38-43(36-37-69(55)77-71(57)68(42-45)76-64-33-15-7-24-52(64)53-25-8-16-34-65(53)76)44-39-56-54-26-17-35-66(74-60-29-11-3-20-48(60)49-21-4-12-30-61(49)74)70(54)78-72(56)67(40-44)75-62-31-13-5-22-50(62)51-23-6-14-32-63(51)75;1-2/h1-42H;1-2H3. The molecule has 0 N–H and O–H groups in total. The van der Waals surface area contributed by atoms with E-state index in [1.54, 1.807) is 0 Å². The molecule has 6 aromatic heterocycles. The predicted molar refractivity (Wildman–Crippen MR) is 346 cm³/mol. The molecule has 6 heterocycles. The van der Waals surface area contributed by atoms with Crippen LogP contribution in [0.5, 0.6) is 0 Å². The van der Waals surface area contributed by atoms with Crippen LogP contribution in [0.4, 0.5) is 0 Å². The minimum Gasteiger partial charge on any atom is -0.309 e. The zero-order valence-corrected chi connectivity index (χ0v) is 45.5. The van der Waals surface area contributed by atoms with Crippen molar-refractivity contribution in [1.82, 2.24) is 18.3 Å². The lowest BCUT2D eigenvalue weighted by Gasteiger charge is -2.15. The van der Waals surface area contributed by atoms with Crippen LogP contribution < -0.4 is 0 Å². The number of para-hydroxylation sites is 8. The molecule has 18 aromatic rings. The van der Waals surface area contributed by atoms with Gasteiger partial charge in [0.05, 0.1) is 75.3 Å². The van der Waals surface area contributed by atoms with Gasteiger partial charge in [-0.2, -0.15) is 0 Å². The maximum atomic E-state index is 2.53. The summed E-state index contributed by atoms with van der Waals surface area (Å²) in [5, 5.41) is 15.0. The summed E-state index contributed by atoms with van der Waals surface area (Å²) in [6, 6.07) is 95.0. The maximum Gasteiger partial charge on any atom is 0.0661 e. The van der Waals surface area contributed by atoms with E-state index in [0.29, 0.717) is 0 Å². The van der Waals surface area contributed by atoms with E-state index in [1.165, 1.54) is 156 Å². The summed E-state index contributed by atoms with van der Waals surface area (Å²) in [7, 11) is 0. The van der Waals surface area contributed by atoms with E-state index >= 15 is 0 Å². The van der Waals surface area contributed by atoms with E-state index in [1.807, 2.05) is 36.5 Å². The highest BCUT2D eigenvalue weighted by Crippen LogP contribution is 2.49. The molecule has 0 bridgehead atoms. The van der Waals surface area contributed by atoms with E-state index in [0.717, 1.165) is 5.69 Å². The van der Waals surface area contributed by atoms with Gasteiger partial charge in [0.25, 0.3) is 0 Å². The van der Waals surface area contributed by atoms with Gasteiger partial charge in [0.15, 0.2) is 0 Å². The maximum absolute atomic E-state index is 2.53. The molecule has 18 rings (SSSR count). The summed E-state index contributed by atoms with van der Waals surface area (Å²) in [6.07, 6.45) is 0. The summed E-state index contributed by atoms with van der Waals surface area (Å²) in [5.74, 6) is 0. The smallest absolute Gasteiger partial charge is 0.0661 e. The van der Waals surface area contributed by atoms with Crippen LogP contribution in [0, 0.1) is 0 Å². The molecular weight excluding hydrogens is 1010 g/mol. The molecule has 0 saturated carbocycles. The van der Waals surface area contributed by atoms with Gasteiger partial charge in [-0.05, 0) is 102 Å². The molecule has 0 fully saturated rings. The van der Waals surface area contributed by atoms with Gasteiger partial charge in [-0.1, -0.05) is 178 Å². The Balaban J connectivity index is 0.00000253. The first-order valence-corrected chi connectivity index (χ1v) is 29.3. The van der Waals surface area contributed by atoms with Crippen LogP contribution in [0.2, 0.25) is 0 Å². The third-order valence-corrected chi connectivity index (χ3v) is 19.2. The van der Waals surface area contributed by atoms with E-state index in [4.69, 9.17) is 0 Å². The Kier molecular flexibility index (Phi) is 9.85. The average Bonchev–Trinajstić information content (AvgIpc) is 4.54. The van der Waals surface area contributed by atoms with Crippen molar-refractivity contribution in [2.45, 2.75) is 13.8 Å². The average molecular weight is 1060 g/mol. The number of rotatable bonds is 5. The van der Waals surface area contributed by atoms with Crippen LogP contribution in [0.15, 0.2) is 255 Å². The van der Waals surface area contributed by atoms with E-state index in [2.05, 4.69) is 273 Å². The topological polar surface area (TPSA) is 19.7 Å². The minimum atomic E-state index is 1.14. The number of nitrogens with zero attached hydrogens (tertiary/aromatic N) is 4. The molecule has 0 aliphatic carbocycles. The molecule has 80 heavy (non-hydrogen) atoms. The lowest BCUT2D eigenvalue weighted by atomic mass is 9.99. The molecule has 12 aromatic carbocycles. The summed E-state index contributed by atoms with van der Waals surface area (Å²) in [6.45, 7) is 4.00. The van der Waals surface area contributed by atoms with Crippen molar-refractivity contribution in [3.05, 3.63) is 255 Å². The van der Waals surface area contributed by atoms with Gasteiger partial charge in [-0.3, -0.25) is 0 Å². The number of hydrogen-bond donors (Lipinski definition) is 0. The molecule has 0 atom stereocenters. The van der Waals surface area contributed by atoms with Crippen LogP contribution in [-0.2, 0) is 0 Å². The quantitative estimate of drug-likeness (QED) is 0.164. The second-order valence-corrected chi connectivity index (χ2v) is 22.8. The zero-order valence-electron chi connectivity index (χ0n) is 43.9. The van der Waals surface area contributed by atoms with E-state index in [9.17, 15) is 0 Å². The molecule has 0 radical (unpaired) electrons. The number of hydrogen-bond acceptors (Lipinski definition) is 2. The van der Waals surface area contributed by atoms with Crippen LogP contribution in [-0.4, -0.2) is 18.3 Å². The monoisotopic (exact) mass is 1060 g/mol. The fraction of sp³-hybridized carbons (Fsp3) is 0.0270. The zero-order chi connectivity index (χ0) is 52.7. The lowest BCUT2D eigenvalue weighted by Crippen LogP contribution is -1.99. The Morgan fingerprint density at radius 3 is 1.01 bits per heavy atom. The van der Waals surface area contributed by atoms with Gasteiger partial charge in [-0.25, -0.2) is 0 Å². The summed E-state index contributed by atoms with van der Waals surface area (Å²) in [5.41, 5.74) is 16.7. The first kappa shape index (κ1) is 45.3. The Labute approximate surface area is 468 Å². The van der Waals surface area contributed by atoms with E-state index in [-0.39, 0.29) is 0 Å².